The summed E-state index contributed by atoms with van der Waals surface area (Å²) in [5, 5.41) is 8.88. The van der Waals surface area contributed by atoms with Crippen LogP contribution >= 0.6 is 0 Å². The number of nitrogens with zero attached hydrogens (tertiary/aromatic N) is 2. The minimum atomic E-state index is 0.00225. The van der Waals surface area contributed by atoms with Crippen LogP contribution < -0.4 is 5.73 Å². The molecule has 0 saturated heterocycles. The van der Waals surface area contributed by atoms with Gasteiger partial charge in [-0.05, 0) is 12.1 Å². The van der Waals surface area contributed by atoms with E-state index in [1.54, 1.807) is 6.07 Å². The van der Waals surface area contributed by atoms with Crippen molar-refractivity contribution in [1.82, 2.24) is 4.98 Å². The van der Waals surface area contributed by atoms with Crippen LogP contribution in [0.1, 0.15) is 30.7 Å². The Morgan fingerprint density at radius 3 is 2.69 bits per heavy atom. The van der Waals surface area contributed by atoms with Crippen molar-refractivity contribution < 1.29 is 0 Å². The molecule has 80 valence electrons. The Bertz CT molecular complexity index is 531. The van der Waals surface area contributed by atoms with Gasteiger partial charge < -0.3 is 5.73 Å². The fourth-order valence-electron chi connectivity index (χ4n) is 1.57. The molecule has 0 atom stereocenters. The average Bonchev–Trinajstić information content (AvgIpc) is 2.38. The summed E-state index contributed by atoms with van der Waals surface area (Å²) in [6, 6.07) is 3.82. The number of nitrogen functional groups attached to an aromatic ring is 1. The van der Waals surface area contributed by atoms with Crippen LogP contribution in [0.25, 0.3) is 12.2 Å². The molecule has 3 heteroatoms. The first-order chi connectivity index (χ1) is 7.52. The molecular formula is C13H13N3. The lowest BCUT2D eigenvalue weighted by atomic mass is 9.93. The molecule has 16 heavy (non-hydrogen) atoms. The molecule has 0 fully saturated rings. The predicted octanol–water partition coefficient (Wildman–Crippen LogP) is 2.60. The van der Waals surface area contributed by atoms with Gasteiger partial charge in [0.2, 0.25) is 0 Å². The van der Waals surface area contributed by atoms with E-state index >= 15 is 0 Å². The molecule has 0 unspecified atom stereocenters. The fourth-order valence-corrected chi connectivity index (χ4v) is 1.57. The highest BCUT2D eigenvalue weighted by Gasteiger charge is 2.14. The molecule has 1 aromatic heterocycles. The van der Waals surface area contributed by atoms with Gasteiger partial charge in [0.15, 0.2) is 0 Å². The molecule has 0 aromatic carbocycles. The SMILES string of the molecule is CC1(C)C=Cc2cc(C#N)c(N)nc2C=C1. The van der Waals surface area contributed by atoms with Crippen LogP contribution in [0.4, 0.5) is 5.82 Å². The number of nitrogens with two attached hydrogens (primary N) is 1. The Kier molecular flexibility index (Phi) is 2.28. The van der Waals surface area contributed by atoms with E-state index in [2.05, 4.69) is 31.0 Å². The van der Waals surface area contributed by atoms with Gasteiger partial charge >= 0.3 is 0 Å². The van der Waals surface area contributed by atoms with Crippen molar-refractivity contribution in [2.24, 2.45) is 5.41 Å². The highest BCUT2D eigenvalue weighted by molar-refractivity contribution is 5.70. The van der Waals surface area contributed by atoms with Crippen LogP contribution in [0, 0.1) is 16.7 Å². The van der Waals surface area contributed by atoms with Crippen molar-refractivity contribution in [2.75, 3.05) is 5.73 Å². The van der Waals surface area contributed by atoms with Crippen LogP contribution in [-0.2, 0) is 0 Å². The Morgan fingerprint density at radius 1 is 1.31 bits per heavy atom. The summed E-state index contributed by atoms with van der Waals surface area (Å²) in [6.07, 6.45) is 8.11. The molecule has 2 N–H and O–H groups in total. The summed E-state index contributed by atoms with van der Waals surface area (Å²) < 4.78 is 0. The molecule has 1 heterocycles. The Labute approximate surface area is 94.9 Å². The molecule has 0 spiro atoms. The predicted molar refractivity (Wildman–Crippen MR) is 65.2 cm³/mol. The van der Waals surface area contributed by atoms with Gasteiger partial charge in [-0.1, -0.05) is 32.1 Å². The van der Waals surface area contributed by atoms with Crippen LogP contribution in [0.3, 0.4) is 0 Å². The van der Waals surface area contributed by atoms with Gasteiger partial charge in [0.05, 0.1) is 11.3 Å². The Balaban J connectivity index is 2.61. The third-order valence-corrected chi connectivity index (χ3v) is 2.60. The van der Waals surface area contributed by atoms with Gasteiger partial charge in [0.25, 0.3) is 0 Å². The van der Waals surface area contributed by atoms with Crippen LogP contribution in [0.2, 0.25) is 0 Å². The second kappa shape index (κ2) is 3.49. The summed E-state index contributed by atoms with van der Waals surface area (Å²) >= 11 is 0. The first kappa shape index (κ1) is 10.4. The summed E-state index contributed by atoms with van der Waals surface area (Å²) in [5.41, 5.74) is 7.87. The maximum Gasteiger partial charge on any atom is 0.142 e. The maximum atomic E-state index is 8.88. The molecule has 1 aromatic rings. The van der Waals surface area contributed by atoms with Gasteiger partial charge in [0.1, 0.15) is 11.9 Å². The Morgan fingerprint density at radius 2 is 2.00 bits per heavy atom. The maximum absolute atomic E-state index is 8.88. The number of hydrogen-bond acceptors (Lipinski definition) is 3. The fraction of sp³-hybridized carbons (Fsp3) is 0.231. The number of nitriles is 1. The smallest absolute Gasteiger partial charge is 0.142 e. The third-order valence-electron chi connectivity index (χ3n) is 2.60. The summed E-state index contributed by atoms with van der Waals surface area (Å²) in [4.78, 5) is 4.23. The summed E-state index contributed by atoms with van der Waals surface area (Å²) in [5.74, 6) is 0.291. The highest BCUT2D eigenvalue weighted by atomic mass is 14.8. The number of allylic oxidation sites excluding steroid dienone is 2. The zero-order valence-electron chi connectivity index (χ0n) is 9.36. The molecule has 0 bridgehead atoms. The van der Waals surface area contributed by atoms with Crippen LogP contribution in [0.5, 0.6) is 0 Å². The normalized spacial score (nSPS) is 16.3. The lowest BCUT2D eigenvalue weighted by Crippen LogP contribution is -2.00. The van der Waals surface area contributed by atoms with Gasteiger partial charge in [-0.2, -0.15) is 5.26 Å². The number of aromatic nitrogens is 1. The average molecular weight is 211 g/mol. The molecular weight excluding hydrogens is 198 g/mol. The second-order valence-electron chi connectivity index (χ2n) is 4.50. The van der Waals surface area contributed by atoms with E-state index in [1.165, 1.54) is 0 Å². The first-order valence-corrected chi connectivity index (χ1v) is 5.11. The molecule has 1 aliphatic carbocycles. The molecule has 2 rings (SSSR count). The van der Waals surface area contributed by atoms with Crippen LogP contribution in [0.15, 0.2) is 18.2 Å². The number of hydrogen-bond donors (Lipinski definition) is 1. The lowest BCUT2D eigenvalue weighted by molar-refractivity contribution is 0.633. The minimum absolute atomic E-state index is 0.00225. The highest BCUT2D eigenvalue weighted by Crippen LogP contribution is 2.28. The van der Waals surface area contributed by atoms with Gasteiger partial charge in [0, 0.05) is 11.0 Å². The topological polar surface area (TPSA) is 62.7 Å². The van der Waals surface area contributed by atoms with Gasteiger partial charge in [-0.15, -0.1) is 0 Å². The summed E-state index contributed by atoms with van der Waals surface area (Å²) in [7, 11) is 0. The largest absolute Gasteiger partial charge is 0.383 e. The van der Waals surface area contributed by atoms with E-state index in [4.69, 9.17) is 11.0 Å². The molecule has 0 aliphatic heterocycles. The lowest BCUT2D eigenvalue weighted by Gasteiger charge is -2.11. The third kappa shape index (κ3) is 1.82. The van der Waals surface area contributed by atoms with Crippen molar-refractivity contribution in [3.05, 3.63) is 35.0 Å². The van der Waals surface area contributed by atoms with E-state index in [0.29, 0.717) is 11.4 Å². The number of anilines is 1. The van der Waals surface area contributed by atoms with Gasteiger partial charge in [-0.3, -0.25) is 0 Å². The molecule has 0 amide bonds. The van der Waals surface area contributed by atoms with E-state index in [1.807, 2.05) is 18.2 Å². The van der Waals surface area contributed by atoms with Crippen molar-refractivity contribution in [3.8, 4) is 6.07 Å². The standard InChI is InChI=1S/C13H13N3/c1-13(2)5-3-9-7-10(8-14)12(15)16-11(9)4-6-13/h3-7H,1-2H3,(H2,15,16). The van der Waals surface area contributed by atoms with Crippen LogP contribution in [-0.4, -0.2) is 4.98 Å². The zero-order chi connectivity index (χ0) is 11.8. The Hall–Kier alpha value is -2.08. The molecule has 0 saturated carbocycles. The van der Waals surface area contributed by atoms with Crippen molar-refractivity contribution >= 4 is 18.0 Å². The minimum Gasteiger partial charge on any atom is -0.383 e. The number of fused-ring (bicyclic) bond motifs is 1. The molecule has 1 aliphatic rings. The van der Waals surface area contributed by atoms with E-state index in [0.717, 1.165) is 11.3 Å². The van der Waals surface area contributed by atoms with Crippen molar-refractivity contribution in [3.63, 3.8) is 0 Å². The number of pyridine rings is 1. The van der Waals surface area contributed by atoms with Crippen molar-refractivity contribution in [2.45, 2.75) is 13.8 Å². The quantitative estimate of drug-likeness (QED) is 0.717. The zero-order valence-corrected chi connectivity index (χ0v) is 9.36. The van der Waals surface area contributed by atoms with E-state index < -0.39 is 0 Å². The first-order valence-electron chi connectivity index (χ1n) is 5.11. The summed E-state index contributed by atoms with van der Waals surface area (Å²) in [6.45, 7) is 4.22. The van der Waals surface area contributed by atoms with E-state index in [9.17, 15) is 0 Å². The molecule has 3 nitrogen and oxygen atoms in total. The van der Waals surface area contributed by atoms with E-state index in [-0.39, 0.29) is 5.41 Å². The second-order valence-corrected chi connectivity index (χ2v) is 4.50. The van der Waals surface area contributed by atoms with Gasteiger partial charge in [-0.25, -0.2) is 4.98 Å². The van der Waals surface area contributed by atoms with Crippen molar-refractivity contribution in [1.29, 1.82) is 5.26 Å². The monoisotopic (exact) mass is 211 g/mol. The number of rotatable bonds is 0. The molecule has 0 radical (unpaired) electrons.